The molecule has 0 bridgehead atoms. The predicted molar refractivity (Wildman–Crippen MR) is 68.9 cm³/mol. The molecule has 0 saturated carbocycles. The van der Waals surface area contributed by atoms with Gasteiger partial charge in [0.05, 0.1) is 0 Å². The summed E-state index contributed by atoms with van der Waals surface area (Å²) in [4.78, 5) is 11.4. The molecular formula is C11H20OS2. The zero-order chi connectivity index (χ0) is 10.8. The van der Waals surface area contributed by atoms with Gasteiger partial charge in [0.25, 0.3) is 0 Å². The molecule has 0 aromatic heterocycles. The maximum absolute atomic E-state index is 11.4. The Bertz CT molecular complexity index is 182. The Morgan fingerprint density at radius 1 is 1.14 bits per heavy atom. The number of hydrogen-bond acceptors (Lipinski definition) is 3. The van der Waals surface area contributed by atoms with Gasteiger partial charge in [-0.15, -0.1) is 23.5 Å². The van der Waals surface area contributed by atoms with Crippen LogP contribution in [0.3, 0.4) is 0 Å². The number of carbonyl (C=O) groups is 1. The first-order chi connectivity index (χ1) is 6.74. The molecule has 0 unspecified atom stereocenters. The summed E-state index contributed by atoms with van der Waals surface area (Å²) >= 11 is 3.29. The van der Waals surface area contributed by atoms with Gasteiger partial charge in [-0.1, -0.05) is 26.2 Å². The van der Waals surface area contributed by atoms with Crippen molar-refractivity contribution in [3.63, 3.8) is 0 Å². The molecule has 0 heterocycles. The molecule has 0 fully saturated rings. The van der Waals surface area contributed by atoms with Gasteiger partial charge in [-0.3, -0.25) is 4.79 Å². The van der Waals surface area contributed by atoms with Crippen LogP contribution >= 0.6 is 23.5 Å². The molecule has 0 aromatic rings. The number of ketones is 1. The van der Waals surface area contributed by atoms with Gasteiger partial charge in [-0.25, -0.2) is 0 Å². The van der Waals surface area contributed by atoms with Gasteiger partial charge in [-0.05, 0) is 18.9 Å². The van der Waals surface area contributed by atoms with Crippen molar-refractivity contribution in [3.05, 3.63) is 10.3 Å². The van der Waals surface area contributed by atoms with Crippen molar-refractivity contribution >= 4 is 29.3 Å². The molecule has 0 aromatic carbocycles. The third-order valence-electron chi connectivity index (χ3n) is 1.96. The fourth-order valence-electron chi connectivity index (χ4n) is 1.13. The largest absolute Gasteiger partial charge is 0.295 e. The molecule has 0 aliphatic heterocycles. The highest BCUT2D eigenvalue weighted by molar-refractivity contribution is 8.21. The molecule has 1 nitrogen and oxygen atoms in total. The van der Waals surface area contributed by atoms with E-state index in [9.17, 15) is 4.79 Å². The van der Waals surface area contributed by atoms with Gasteiger partial charge < -0.3 is 0 Å². The summed E-state index contributed by atoms with van der Waals surface area (Å²) in [6, 6.07) is 0. The first kappa shape index (κ1) is 14.1. The highest BCUT2D eigenvalue weighted by Gasteiger charge is 2.00. The predicted octanol–water partition coefficient (Wildman–Crippen LogP) is 4.09. The molecule has 3 heteroatoms. The lowest BCUT2D eigenvalue weighted by atomic mass is 10.1. The van der Waals surface area contributed by atoms with E-state index >= 15 is 0 Å². The third-order valence-corrected chi connectivity index (χ3v) is 4.00. The monoisotopic (exact) mass is 232 g/mol. The first-order valence-corrected chi connectivity index (χ1v) is 7.52. The molecule has 0 rings (SSSR count). The minimum absolute atomic E-state index is 0.278. The fourth-order valence-corrected chi connectivity index (χ4v) is 2.30. The summed E-state index contributed by atoms with van der Waals surface area (Å²) < 4.78 is 1.12. The van der Waals surface area contributed by atoms with Crippen LogP contribution in [-0.4, -0.2) is 18.3 Å². The quantitative estimate of drug-likeness (QED) is 0.463. The molecule has 0 N–H and O–H groups in total. The average Bonchev–Trinajstić information content (AvgIpc) is 2.21. The highest BCUT2D eigenvalue weighted by Crippen LogP contribution is 2.23. The Morgan fingerprint density at radius 2 is 1.79 bits per heavy atom. The smallest absolute Gasteiger partial charge is 0.157 e. The van der Waals surface area contributed by atoms with E-state index in [4.69, 9.17) is 0 Å². The van der Waals surface area contributed by atoms with E-state index in [1.807, 2.05) is 12.5 Å². The van der Waals surface area contributed by atoms with Crippen LogP contribution in [0.1, 0.15) is 39.0 Å². The average molecular weight is 232 g/mol. The van der Waals surface area contributed by atoms with Crippen molar-refractivity contribution in [2.24, 2.45) is 0 Å². The van der Waals surface area contributed by atoms with Crippen molar-refractivity contribution in [1.29, 1.82) is 0 Å². The van der Waals surface area contributed by atoms with E-state index in [1.54, 1.807) is 29.6 Å². The van der Waals surface area contributed by atoms with Crippen LogP contribution in [0.15, 0.2) is 10.3 Å². The molecule has 0 saturated heterocycles. The topological polar surface area (TPSA) is 17.1 Å². The van der Waals surface area contributed by atoms with Gasteiger partial charge in [-0.2, -0.15) is 0 Å². The van der Waals surface area contributed by atoms with Crippen molar-refractivity contribution in [2.75, 3.05) is 12.5 Å². The zero-order valence-corrected chi connectivity index (χ0v) is 11.0. The van der Waals surface area contributed by atoms with Crippen LogP contribution < -0.4 is 0 Å². The number of thioether (sulfide) groups is 2. The lowest BCUT2D eigenvalue weighted by Gasteiger charge is -1.99. The van der Waals surface area contributed by atoms with Crippen molar-refractivity contribution < 1.29 is 4.79 Å². The molecular weight excluding hydrogens is 212 g/mol. The van der Waals surface area contributed by atoms with Crippen LogP contribution in [-0.2, 0) is 4.79 Å². The normalized spacial score (nSPS) is 9.93. The zero-order valence-electron chi connectivity index (χ0n) is 9.34. The SMILES string of the molecule is CCCCCCC(=O)C=C(SC)SC. The maximum atomic E-state index is 11.4. The standard InChI is InChI=1S/C11H20OS2/c1-4-5-6-7-8-10(12)9-11(13-2)14-3/h9H,4-8H2,1-3H3. The summed E-state index contributed by atoms with van der Waals surface area (Å²) in [5, 5.41) is 0. The summed E-state index contributed by atoms with van der Waals surface area (Å²) in [6.45, 7) is 2.18. The molecule has 0 amide bonds. The molecule has 14 heavy (non-hydrogen) atoms. The number of carbonyl (C=O) groups excluding carboxylic acids is 1. The van der Waals surface area contributed by atoms with E-state index in [2.05, 4.69) is 6.92 Å². The Morgan fingerprint density at radius 3 is 2.29 bits per heavy atom. The minimum atomic E-state index is 0.278. The first-order valence-electron chi connectivity index (χ1n) is 5.07. The second-order valence-corrected chi connectivity index (χ2v) is 5.10. The molecule has 0 spiro atoms. The number of rotatable bonds is 8. The van der Waals surface area contributed by atoms with Gasteiger partial charge in [0, 0.05) is 16.7 Å². The Labute approximate surface area is 96.1 Å². The number of hydrogen-bond donors (Lipinski definition) is 0. The van der Waals surface area contributed by atoms with E-state index in [-0.39, 0.29) is 5.78 Å². The van der Waals surface area contributed by atoms with Gasteiger partial charge in [0.1, 0.15) is 0 Å². The van der Waals surface area contributed by atoms with Crippen LogP contribution in [0, 0.1) is 0 Å². The van der Waals surface area contributed by atoms with Crippen LogP contribution in [0.5, 0.6) is 0 Å². The highest BCUT2D eigenvalue weighted by atomic mass is 32.2. The summed E-state index contributed by atoms with van der Waals surface area (Å²) in [6.07, 6.45) is 11.2. The molecule has 0 atom stereocenters. The molecule has 0 aliphatic carbocycles. The fraction of sp³-hybridized carbons (Fsp3) is 0.727. The molecule has 82 valence electrons. The van der Waals surface area contributed by atoms with Crippen LogP contribution in [0.2, 0.25) is 0 Å². The van der Waals surface area contributed by atoms with Crippen molar-refractivity contribution in [2.45, 2.75) is 39.0 Å². The van der Waals surface area contributed by atoms with Gasteiger partial charge in [0.2, 0.25) is 0 Å². The second kappa shape index (κ2) is 9.66. The lowest BCUT2D eigenvalue weighted by molar-refractivity contribution is -0.114. The third kappa shape index (κ3) is 7.51. The Hall–Kier alpha value is 0.110. The Balaban J connectivity index is 3.68. The lowest BCUT2D eigenvalue weighted by Crippen LogP contribution is -1.93. The minimum Gasteiger partial charge on any atom is -0.295 e. The van der Waals surface area contributed by atoms with Gasteiger partial charge in [0.15, 0.2) is 5.78 Å². The summed E-state index contributed by atoms with van der Waals surface area (Å²) in [5.74, 6) is 0.278. The van der Waals surface area contributed by atoms with Gasteiger partial charge >= 0.3 is 0 Å². The number of unbranched alkanes of at least 4 members (excludes halogenated alkanes) is 3. The van der Waals surface area contributed by atoms with E-state index < -0.39 is 0 Å². The maximum Gasteiger partial charge on any atom is 0.157 e. The van der Waals surface area contributed by atoms with Crippen molar-refractivity contribution in [1.82, 2.24) is 0 Å². The Kier molecular flexibility index (Phi) is 9.73. The molecule has 0 aliphatic rings. The van der Waals surface area contributed by atoms with E-state index in [0.29, 0.717) is 6.42 Å². The second-order valence-electron chi connectivity index (χ2n) is 3.15. The molecule has 0 radical (unpaired) electrons. The summed E-state index contributed by atoms with van der Waals surface area (Å²) in [7, 11) is 0. The van der Waals surface area contributed by atoms with Crippen LogP contribution in [0.25, 0.3) is 0 Å². The van der Waals surface area contributed by atoms with Crippen LogP contribution in [0.4, 0.5) is 0 Å². The number of allylic oxidation sites excluding steroid dienone is 1. The summed E-state index contributed by atoms with van der Waals surface area (Å²) in [5.41, 5.74) is 0. The van der Waals surface area contributed by atoms with E-state index in [1.165, 1.54) is 19.3 Å². The van der Waals surface area contributed by atoms with Crippen molar-refractivity contribution in [3.8, 4) is 0 Å². The van der Waals surface area contributed by atoms with E-state index in [0.717, 1.165) is 10.7 Å².